The number of hydrogen-bond acceptors (Lipinski definition) is 1. The zero-order valence-electron chi connectivity index (χ0n) is 10.9. The molecule has 0 aliphatic rings. The van der Waals surface area contributed by atoms with Crippen LogP contribution in [0.15, 0.2) is 36.5 Å². The Kier molecular flexibility index (Phi) is 2.44. The predicted octanol–water partition coefficient (Wildman–Crippen LogP) is 4.16. The van der Waals surface area contributed by atoms with E-state index in [0.29, 0.717) is 0 Å². The normalized spacial score (nSPS) is 11.1. The maximum atomic E-state index is 4.38. The van der Waals surface area contributed by atoms with Crippen LogP contribution >= 0.6 is 0 Å². The second kappa shape index (κ2) is 3.98. The largest absolute Gasteiger partial charge is 0.343 e. The maximum Gasteiger partial charge on any atom is 0.138 e. The molecule has 0 spiro atoms. The summed E-state index contributed by atoms with van der Waals surface area (Å²) in [4.78, 5) is 7.73. The molecular weight excluding hydrogens is 220 g/mol. The smallest absolute Gasteiger partial charge is 0.138 e. The number of aromatic nitrogens is 2. The van der Waals surface area contributed by atoms with Crippen molar-refractivity contribution in [2.45, 2.75) is 20.8 Å². The first kappa shape index (κ1) is 11.0. The Labute approximate surface area is 107 Å². The molecule has 0 radical (unpaired) electrons. The third kappa shape index (κ3) is 1.70. The van der Waals surface area contributed by atoms with Gasteiger partial charge in [0.2, 0.25) is 0 Å². The zero-order chi connectivity index (χ0) is 12.7. The lowest BCUT2D eigenvalue weighted by Gasteiger charge is -2.05. The van der Waals surface area contributed by atoms with Crippen molar-refractivity contribution in [3.05, 3.63) is 53.3 Å². The van der Waals surface area contributed by atoms with Crippen molar-refractivity contribution >= 4 is 11.0 Å². The second-order valence-electron chi connectivity index (χ2n) is 4.90. The molecule has 3 aromatic rings. The van der Waals surface area contributed by atoms with Crippen LogP contribution in [0.3, 0.4) is 0 Å². The molecule has 0 unspecified atom stereocenters. The van der Waals surface area contributed by atoms with Gasteiger partial charge >= 0.3 is 0 Å². The summed E-state index contributed by atoms with van der Waals surface area (Å²) in [5, 5.41) is 1.19. The fourth-order valence-electron chi connectivity index (χ4n) is 2.64. The minimum Gasteiger partial charge on any atom is -0.343 e. The van der Waals surface area contributed by atoms with E-state index in [4.69, 9.17) is 0 Å². The fraction of sp³-hybridized carbons (Fsp3) is 0.188. The average molecular weight is 236 g/mol. The number of nitrogens with zero attached hydrogens (tertiary/aromatic N) is 1. The van der Waals surface area contributed by atoms with E-state index in [1.54, 1.807) is 0 Å². The molecule has 2 nitrogen and oxygen atoms in total. The van der Waals surface area contributed by atoms with Gasteiger partial charge in [-0.15, -0.1) is 0 Å². The van der Waals surface area contributed by atoms with Gasteiger partial charge in [-0.2, -0.15) is 0 Å². The number of H-pyrrole nitrogens is 1. The molecule has 90 valence electrons. The average Bonchev–Trinajstić information content (AvgIpc) is 2.63. The molecule has 1 N–H and O–H groups in total. The van der Waals surface area contributed by atoms with E-state index >= 15 is 0 Å². The van der Waals surface area contributed by atoms with Crippen LogP contribution in [0.2, 0.25) is 0 Å². The van der Waals surface area contributed by atoms with Crippen LogP contribution in [0, 0.1) is 20.8 Å². The molecular formula is C16H16N2. The van der Waals surface area contributed by atoms with Crippen LogP contribution in [0.5, 0.6) is 0 Å². The Hall–Kier alpha value is -2.09. The van der Waals surface area contributed by atoms with Crippen LogP contribution in [-0.2, 0) is 0 Å². The summed E-state index contributed by atoms with van der Waals surface area (Å²) < 4.78 is 0. The molecule has 1 aromatic carbocycles. The van der Waals surface area contributed by atoms with Crippen LogP contribution in [-0.4, -0.2) is 9.97 Å². The van der Waals surface area contributed by atoms with Crippen molar-refractivity contribution in [2.24, 2.45) is 0 Å². The molecule has 3 rings (SSSR count). The highest BCUT2D eigenvalue weighted by Gasteiger charge is 2.11. The summed E-state index contributed by atoms with van der Waals surface area (Å²) in [5.74, 6) is 0. The lowest BCUT2D eigenvalue weighted by molar-refractivity contribution is 1.25. The SMILES string of the molecule is Cc1cc(C)cc(-c2c(C)[nH]c3ncccc23)c1. The Morgan fingerprint density at radius 1 is 1.00 bits per heavy atom. The molecule has 0 amide bonds. The topological polar surface area (TPSA) is 28.7 Å². The second-order valence-corrected chi connectivity index (χ2v) is 4.90. The van der Waals surface area contributed by atoms with E-state index < -0.39 is 0 Å². The first-order chi connectivity index (χ1) is 8.65. The van der Waals surface area contributed by atoms with E-state index in [2.05, 4.69) is 55.0 Å². The molecule has 18 heavy (non-hydrogen) atoms. The molecule has 0 fully saturated rings. The van der Waals surface area contributed by atoms with Crippen molar-refractivity contribution in [2.75, 3.05) is 0 Å². The van der Waals surface area contributed by atoms with Crippen LogP contribution in [0.25, 0.3) is 22.2 Å². The number of fused-ring (bicyclic) bond motifs is 1. The number of aromatic amines is 1. The first-order valence-electron chi connectivity index (χ1n) is 6.17. The standard InChI is InChI=1S/C16H16N2/c1-10-7-11(2)9-13(8-10)15-12(3)18-16-14(15)5-4-6-17-16/h4-9H,1-3H3,(H,17,18). The van der Waals surface area contributed by atoms with Crippen molar-refractivity contribution < 1.29 is 0 Å². The van der Waals surface area contributed by atoms with E-state index in [0.717, 1.165) is 5.65 Å². The Morgan fingerprint density at radius 2 is 1.72 bits per heavy atom. The van der Waals surface area contributed by atoms with Gasteiger partial charge in [-0.05, 0) is 38.5 Å². The van der Waals surface area contributed by atoms with Gasteiger partial charge in [0.15, 0.2) is 0 Å². The molecule has 2 heteroatoms. The summed E-state index contributed by atoms with van der Waals surface area (Å²) in [7, 11) is 0. The number of rotatable bonds is 1. The number of pyridine rings is 1. The van der Waals surface area contributed by atoms with E-state index in [-0.39, 0.29) is 0 Å². The number of hydrogen-bond donors (Lipinski definition) is 1. The summed E-state index contributed by atoms with van der Waals surface area (Å²) in [6, 6.07) is 10.8. The maximum absolute atomic E-state index is 4.38. The Morgan fingerprint density at radius 3 is 2.44 bits per heavy atom. The molecule has 0 saturated carbocycles. The third-order valence-electron chi connectivity index (χ3n) is 3.27. The van der Waals surface area contributed by atoms with E-state index in [9.17, 15) is 0 Å². The van der Waals surface area contributed by atoms with Crippen molar-refractivity contribution in [1.29, 1.82) is 0 Å². The van der Waals surface area contributed by atoms with Gasteiger partial charge in [0, 0.05) is 22.8 Å². The van der Waals surface area contributed by atoms with Gasteiger partial charge in [0.1, 0.15) is 5.65 Å². The van der Waals surface area contributed by atoms with Gasteiger partial charge in [0.05, 0.1) is 0 Å². The number of aryl methyl sites for hydroxylation is 3. The number of nitrogens with one attached hydrogen (secondary N) is 1. The quantitative estimate of drug-likeness (QED) is 0.675. The van der Waals surface area contributed by atoms with E-state index in [1.807, 2.05) is 12.3 Å². The lowest BCUT2D eigenvalue weighted by atomic mass is 9.99. The molecule has 2 aromatic heterocycles. The molecule has 0 saturated heterocycles. The third-order valence-corrected chi connectivity index (χ3v) is 3.27. The molecule has 2 heterocycles. The predicted molar refractivity (Wildman–Crippen MR) is 75.7 cm³/mol. The summed E-state index contributed by atoms with van der Waals surface area (Å²) in [6.45, 7) is 6.38. The molecule has 0 bridgehead atoms. The van der Waals surface area contributed by atoms with Gasteiger partial charge < -0.3 is 4.98 Å². The highest BCUT2D eigenvalue weighted by molar-refractivity contribution is 5.95. The van der Waals surface area contributed by atoms with Gasteiger partial charge in [-0.25, -0.2) is 4.98 Å². The summed E-state index contributed by atoms with van der Waals surface area (Å²) in [6.07, 6.45) is 1.82. The van der Waals surface area contributed by atoms with Crippen molar-refractivity contribution in [3.63, 3.8) is 0 Å². The lowest BCUT2D eigenvalue weighted by Crippen LogP contribution is -1.84. The highest BCUT2D eigenvalue weighted by Crippen LogP contribution is 2.32. The van der Waals surface area contributed by atoms with Crippen LogP contribution in [0.1, 0.15) is 16.8 Å². The first-order valence-corrected chi connectivity index (χ1v) is 6.17. The summed E-state index contributed by atoms with van der Waals surface area (Å²) in [5.41, 5.74) is 7.26. The molecule has 0 atom stereocenters. The van der Waals surface area contributed by atoms with Crippen LogP contribution in [0.4, 0.5) is 0 Å². The Balaban J connectivity index is 2.34. The Bertz CT molecular complexity index is 703. The number of benzene rings is 1. The van der Waals surface area contributed by atoms with Crippen molar-refractivity contribution in [1.82, 2.24) is 9.97 Å². The monoisotopic (exact) mass is 236 g/mol. The highest BCUT2D eigenvalue weighted by atomic mass is 14.9. The van der Waals surface area contributed by atoms with Gasteiger partial charge in [0.25, 0.3) is 0 Å². The summed E-state index contributed by atoms with van der Waals surface area (Å²) >= 11 is 0. The van der Waals surface area contributed by atoms with Gasteiger partial charge in [-0.3, -0.25) is 0 Å². The van der Waals surface area contributed by atoms with Crippen molar-refractivity contribution in [3.8, 4) is 11.1 Å². The minimum absolute atomic E-state index is 0.962. The molecule has 0 aliphatic carbocycles. The fourth-order valence-corrected chi connectivity index (χ4v) is 2.64. The van der Waals surface area contributed by atoms with E-state index in [1.165, 1.54) is 33.3 Å². The van der Waals surface area contributed by atoms with Crippen LogP contribution < -0.4 is 0 Å². The zero-order valence-corrected chi connectivity index (χ0v) is 10.9. The van der Waals surface area contributed by atoms with Gasteiger partial charge in [-0.1, -0.05) is 29.3 Å². The molecule has 0 aliphatic heterocycles. The minimum atomic E-state index is 0.962.